The predicted molar refractivity (Wildman–Crippen MR) is 66.6 cm³/mol. The molecule has 0 N–H and O–H groups in total. The topological polar surface area (TPSA) is 0 Å². The van der Waals surface area contributed by atoms with E-state index in [9.17, 15) is 0 Å². The van der Waals surface area contributed by atoms with Gasteiger partial charge in [-0.05, 0) is 30.7 Å². The minimum Gasteiger partial charge on any atom is -0.0848 e. The molecular weight excluding hydrogens is 315 g/mol. The van der Waals surface area contributed by atoms with Gasteiger partial charge in [0.1, 0.15) is 0 Å². The van der Waals surface area contributed by atoms with Gasteiger partial charge in [-0.2, -0.15) is 0 Å². The van der Waals surface area contributed by atoms with Crippen LogP contribution in [0.1, 0.15) is 12.5 Å². The van der Waals surface area contributed by atoms with Crippen molar-refractivity contribution in [3.05, 3.63) is 39.3 Å². The fraction of sp³-hybridized carbons (Fsp3) is 0.200. The van der Waals surface area contributed by atoms with E-state index in [0.717, 1.165) is 15.1 Å². The first-order chi connectivity index (χ1) is 6.09. The minimum atomic E-state index is 0.374. The number of hydrogen-bond donors (Lipinski definition) is 0. The third kappa shape index (κ3) is 3.84. The largest absolute Gasteiger partial charge is 0.0848 e. The summed E-state index contributed by atoms with van der Waals surface area (Å²) in [6.45, 7) is 2.06. The molecule has 0 radical (unpaired) electrons. The van der Waals surface area contributed by atoms with Crippen LogP contribution in [0.5, 0.6) is 0 Å². The molecule has 0 bridgehead atoms. The Kier molecular flexibility index (Phi) is 4.50. The third-order valence-corrected chi connectivity index (χ3v) is 2.76. The normalized spacial score (nSPS) is 13.5. The lowest BCUT2D eigenvalue weighted by Crippen LogP contribution is -1.81. The molecule has 0 aromatic heterocycles. The smallest absolute Gasteiger partial charge is 0.0412 e. The zero-order valence-corrected chi connectivity index (χ0v) is 11.0. The first-order valence-electron chi connectivity index (χ1n) is 3.87. The summed E-state index contributed by atoms with van der Waals surface area (Å²) in [7, 11) is 0. The Morgan fingerprint density at radius 1 is 1.46 bits per heavy atom. The molecule has 0 aliphatic rings. The minimum absolute atomic E-state index is 0.374. The van der Waals surface area contributed by atoms with Gasteiger partial charge in [-0.15, -0.1) is 0 Å². The van der Waals surface area contributed by atoms with Crippen molar-refractivity contribution in [1.29, 1.82) is 0 Å². The van der Waals surface area contributed by atoms with Gasteiger partial charge in [0.15, 0.2) is 0 Å². The van der Waals surface area contributed by atoms with Crippen LogP contribution in [-0.2, 0) is 0 Å². The van der Waals surface area contributed by atoms with E-state index in [4.69, 9.17) is 11.6 Å². The molecule has 0 saturated heterocycles. The Bertz CT molecular complexity index is 319. The Morgan fingerprint density at radius 2 is 2.15 bits per heavy atom. The predicted octanol–water partition coefficient (Wildman–Crippen LogP) is 4.90. The molecule has 3 heteroatoms. The Hall–Kier alpha value is 0.210. The van der Waals surface area contributed by atoms with Crippen LogP contribution < -0.4 is 0 Å². The van der Waals surface area contributed by atoms with Crippen molar-refractivity contribution in [3.63, 3.8) is 0 Å². The van der Waals surface area contributed by atoms with Crippen molar-refractivity contribution in [1.82, 2.24) is 0 Å². The van der Waals surface area contributed by atoms with E-state index in [1.165, 1.54) is 0 Å². The summed E-state index contributed by atoms with van der Waals surface area (Å²) in [6.07, 6.45) is 4.10. The summed E-state index contributed by atoms with van der Waals surface area (Å²) in [5.41, 5.74) is 1.10. The lowest BCUT2D eigenvalue weighted by atomic mass is 10.2. The number of hydrogen-bond acceptors (Lipinski definition) is 0. The Balaban J connectivity index is 2.93. The van der Waals surface area contributed by atoms with E-state index in [1.54, 1.807) is 0 Å². The first-order valence-corrected chi connectivity index (χ1v) is 5.95. The van der Waals surface area contributed by atoms with E-state index >= 15 is 0 Å². The van der Waals surface area contributed by atoms with Crippen LogP contribution in [0.2, 0.25) is 5.02 Å². The van der Waals surface area contributed by atoms with E-state index < -0.39 is 0 Å². The molecule has 13 heavy (non-hydrogen) atoms. The highest BCUT2D eigenvalue weighted by molar-refractivity contribution is 9.10. The Labute approximate surface area is 100 Å². The van der Waals surface area contributed by atoms with E-state index in [-0.39, 0.29) is 0 Å². The van der Waals surface area contributed by atoms with Crippen LogP contribution in [-0.4, -0.2) is 4.83 Å². The number of benzene rings is 1. The summed E-state index contributed by atoms with van der Waals surface area (Å²) in [5.74, 6) is 0. The van der Waals surface area contributed by atoms with Crippen molar-refractivity contribution in [2.75, 3.05) is 0 Å². The van der Waals surface area contributed by atoms with E-state index in [0.29, 0.717) is 4.83 Å². The van der Waals surface area contributed by atoms with Gasteiger partial charge in [-0.1, -0.05) is 55.6 Å². The van der Waals surface area contributed by atoms with Crippen LogP contribution in [0.15, 0.2) is 28.7 Å². The monoisotopic (exact) mass is 322 g/mol. The summed E-state index contributed by atoms with van der Waals surface area (Å²) in [4.78, 5) is 0.374. The molecule has 0 amide bonds. The molecule has 0 heterocycles. The molecule has 0 spiro atoms. The van der Waals surface area contributed by atoms with Crippen molar-refractivity contribution in [3.8, 4) is 0 Å². The van der Waals surface area contributed by atoms with Crippen molar-refractivity contribution < 1.29 is 0 Å². The van der Waals surface area contributed by atoms with Crippen molar-refractivity contribution in [2.24, 2.45) is 0 Å². The molecule has 0 nitrogen and oxygen atoms in total. The average Bonchev–Trinajstić information content (AvgIpc) is 2.06. The fourth-order valence-electron chi connectivity index (χ4n) is 0.879. The summed E-state index contributed by atoms with van der Waals surface area (Å²) in [6, 6.07) is 5.74. The van der Waals surface area contributed by atoms with Crippen LogP contribution >= 0.6 is 43.5 Å². The molecular formula is C10H9Br2Cl. The number of rotatable bonds is 2. The molecule has 1 aromatic carbocycles. The van der Waals surface area contributed by atoms with Gasteiger partial charge in [0.05, 0.1) is 0 Å². The fourth-order valence-corrected chi connectivity index (χ4v) is 1.59. The standard InChI is InChI=1S/C10H9Br2Cl/c1-7(11)2-3-8-6-9(13)4-5-10(8)12/h2-7H,1H3/b3-2+. The lowest BCUT2D eigenvalue weighted by molar-refractivity contribution is 1.28. The van der Waals surface area contributed by atoms with Crippen molar-refractivity contribution in [2.45, 2.75) is 11.8 Å². The van der Waals surface area contributed by atoms with Crippen molar-refractivity contribution >= 4 is 49.5 Å². The van der Waals surface area contributed by atoms with Gasteiger partial charge in [0.2, 0.25) is 0 Å². The summed E-state index contributed by atoms with van der Waals surface area (Å²) in [5, 5.41) is 0.755. The molecule has 1 rings (SSSR count). The van der Waals surface area contributed by atoms with Gasteiger partial charge < -0.3 is 0 Å². The molecule has 0 saturated carbocycles. The zero-order chi connectivity index (χ0) is 9.84. The molecule has 1 unspecified atom stereocenters. The second kappa shape index (κ2) is 5.18. The summed E-state index contributed by atoms with van der Waals surface area (Å²) < 4.78 is 1.06. The van der Waals surface area contributed by atoms with Crippen LogP contribution in [0.3, 0.4) is 0 Å². The average molecular weight is 324 g/mol. The number of alkyl halides is 1. The third-order valence-electron chi connectivity index (χ3n) is 1.50. The van der Waals surface area contributed by atoms with Gasteiger partial charge in [0.25, 0.3) is 0 Å². The Morgan fingerprint density at radius 3 is 2.77 bits per heavy atom. The van der Waals surface area contributed by atoms with Crippen LogP contribution in [0.4, 0.5) is 0 Å². The summed E-state index contributed by atoms with van der Waals surface area (Å²) >= 11 is 12.8. The van der Waals surface area contributed by atoms with E-state index in [2.05, 4.69) is 44.9 Å². The highest BCUT2D eigenvalue weighted by Crippen LogP contribution is 2.22. The lowest BCUT2D eigenvalue weighted by Gasteiger charge is -1.99. The SMILES string of the molecule is CC(Br)/C=C/c1cc(Cl)ccc1Br. The molecule has 1 aromatic rings. The maximum atomic E-state index is 5.87. The number of halogens is 3. The second-order valence-electron chi connectivity index (χ2n) is 2.70. The van der Waals surface area contributed by atoms with Crippen LogP contribution in [0.25, 0.3) is 6.08 Å². The quantitative estimate of drug-likeness (QED) is 0.679. The van der Waals surface area contributed by atoms with Gasteiger partial charge >= 0.3 is 0 Å². The maximum absolute atomic E-state index is 5.87. The molecule has 70 valence electrons. The molecule has 0 aliphatic carbocycles. The van der Waals surface area contributed by atoms with Gasteiger partial charge in [-0.3, -0.25) is 0 Å². The van der Waals surface area contributed by atoms with E-state index in [1.807, 2.05) is 24.3 Å². The molecule has 0 aliphatic heterocycles. The highest BCUT2D eigenvalue weighted by atomic mass is 79.9. The molecule has 1 atom stereocenters. The van der Waals surface area contributed by atoms with Crippen LogP contribution in [0, 0.1) is 0 Å². The van der Waals surface area contributed by atoms with Gasteiger partial charge in [-0.25, -0.2) is 0 Å². The second-order valence-corrected chi connectivity index (χ2v) is 5.44. The zero-order valence-electron chi connectivity index (χ0n) is 7.10. The molecule has 0 fully saturated rings. The first kappa shape index (κ1) is 11.3. The maximum Gasteiger partial charge on any atom is 0.0412 e. The number of allylic oxidation sites excluding steroid dienone is 1. The highest BCUT2D eigenvalue weighted by Gasteiger charge is 1.97. The van der Waals surface area contributed by atoms with Gasteiger partial charge in [0, 0.05) is 14.3 Å².